The number of aromatic nitrogens is 1. The third-order valence-corrected chi connectivity index (χ3v) is 3.40. The van der Waals surface area contributed by atoms with E-state index in [0.717, 1.165) is 17.7 Å². The standard InChI is InChI=1S/C16H15F3N4O3/c17-16(18,19)12-3-4-13(14(8-12)23(25)26)21-7-5-15(24)22-10-11-2-1-6-20-9-11/h1-4,6,8-9,21H,5,7,10H2,(H,22,24). The SMILES string of the molecule is O=C(CCNc1ccc(C(F)(F)F)cc1[N+](=O)[O-])NCc1cccnc1. The predicted octanol–water partition coefficient (Wildman–Crippen LogP) is 3.13. The molecule has 0 aliphatic carbocycles. The van der Waals surface area contributed by atoms with Gasteiger partial charge in [0.2, 0.25) is 5.91 Å². The third-order valence-electron chi connectivity index (χ3n) is 3.40. The summed E-state index contributed by atoms with van der Waals surface area (Å²) < 4.78 is 37.9. The molecule has 0 aliphatic heterocycles. The van der Waals surface area contributed by atoms with E-state index in [2.05, 4.69) is 15.6 Å². The molecular formula is C16H15F3N4O3. The zero-order valence-electron chi connectivity index (χ0n) is 13.4. The Morgan fingerprint density at radius 3 is 2.65 bits per heavy atom. The summed E-state index contributed by atoms with van der Waals surface area (Å²) in [5.74, 6) is -0.309. The maximum absolute atomic E-state index is 12.6. The van der Waals surface area contributed by atoms with Crippen molar-refractivity contribution in [2.24, 2.45) is 0 Å². The Morgan fingerprint density at radius 1 is 1.27 bits per heavy atom. The normalized spacial score (nSPS) is 11.0. The first-order chi connectivity index (χ1) is 12.3. The van der Waals surface area contributed by atoms with Crippen molar-refractivity contribution in [1.29, 1.82) is 0 Å². The van der Waals surface area contributed by atoms with Crippen LogP contribution >= 0.6 is 0 Å². The average Bonchev–Trinajstić information content (AvgIpc) is 2.60. The Hall–Kier alpha value is -3.17. The number of hydrogen-bond donors (Lipinski definition) is 2. The van der Waals surface area contributed by atoms with Crippen LogP contribution in [0.3, 0.4) is 0 Å². The molecule has 0 bridgehead atoms. The summed E-state index contributed by atoms with van der Waals surface area (Å²) in [6.45, 7) is 0.318. The highest BCUT2D eigenvalue weighted by atomic mass is 19.4. The van der Waals surface area contributed by atoms with Gasteiger partial charge in [-0.15, -0.1) is 0 Å². The van der Waals surface area contributed by atoms with Crippen molar-refractivity contribution in [1.82, 2.24) is 10.3 Å². The molecule has 0 saturated heterocycles. The third kappa shape index (κ3) is 5.43. The minimum atomic E-state index is -4.67. The van der Waals surface area contributed by atoms with E-state index in [1.807, 2.05) is 0 Å². The maximum Gasteiger partial charge on any atom is 0.416 e. The molecule has 1 amide bonds. The lowest BCUT2D eigenvalue weighted by atomic mass is 10.1. The molecule has 7 nitrogen and oxygen atoms in total. The molecule has 2 rings (SSSR count). The number of anilines is 1. The van der Waals surface area contributed by atoms with Crippen LogP contribution in [0.25, 0.3) is 0 Å². The van der Waals surface area contributed by atoms with Crippen molar-refractivity contribution >= 4 is 17.3 Å². The van der Waals surface area contributed by atoms with E-state index in [1.54, 1.807) is 24.5 Å². The Morgan fingerprint density at radius 2 is 2.04 bits per heavy atom. The number of nitro benzene ring substituents is 1. The van der Waals surface area contributed by atoms with Crippen molar-refractivity contribution in [3.8, 4) is 0 Å². The largest absolute Gasteiger partial charge is 0.416 e. The number of carbonyl (C=O) groups is 1. The summed E-state index contributed by atoms with van der Waals surface area (Å²) in [4.78, 5) is 25.7. The molecule has 1 aromatic carbocycles. The summed E-state index contributed by atoms with van der Waals surface area (Å²) in [7, 11) is 0. The highest BCUT2D eigenvalue weighted by Gasteiger charge is 2.33. The Bertz CT molecular complexity index is 782. The van der Waals surface area contributed by atoms with Crippen LogP contribution in [0.5, 0.6) is 0 Å². The molecule has 0 unspecified atom stereocenters. The first-order valence-electron chi connectivity index (χ1n) is 7.52. The van der Waals surface area contributed by atoms with Gasteiger partial charge in [0.25, 0.3) is 5.69 Å². The van der Waals surface area contributed by atoms with Crippen LogP contribution in [-0.2, 0) is 17.5 Å². The number of hydrogen-bond acceptors (Lipinski definition) is 5. The molecule has 26 heavy (non-hydrogen) atoms. The van der Waals surface area contributed by atoms with Gasteiger partial charge in [-0.05, 0) is 23.8 Å². The number of nitro groups is 1. The van der Waals surface area contributed by atoms with E-state index in [1.165, 1.54) is 0 Å². The summed E-state index contributed by atoms with van der Waals surface area (Å²) >= 11 is 0. The zero-order chi connectivity index (χ0) is 19.2. The van der Waals surface area contributed by atoms with E-state index >= 15 is 0 Å². The number of nitrogens with zero attached hydrogens (tertiary/aromatic N) is 2. The van der Waals surface area contributed by atoms with Crippen LogP contribution in [0.1, 0.15) is 17.5 Å². The summed E-state index contributed by atoms with van der Waals surface area (Å²) in [6.07, 6.45) is -1.47. The topological polar surface area (TPSA) is 97.2 Å². The molecule has 0 radical (unpaired) electrons. The van der Waals surface area contributed by atoms with Crippen LogP contribution in [0.2, 0.25) is 0 Å². The average molecular weight is 368 g/mol. The van der Waals surface area contributed by atoms with Gasteiger partial charge in [-0.3, -0.25) is 19.9 Å². The van der Waals surface area contributed by atoms with Crippen LogP contribution in [-0.4, -0.2) is 22.4 Å². The highest BCUT2D eigenvalue weighted by Crippen LogP contribution is 2.34. The Labute approximate surface area is 146 Å². The molecule has 2 aromatic rings. The minimum Gasteiger partial charge on any atom is -0.379 e. The number of pyridine rings is 1. The van der Waals surface area contributed by atoms with Gasteiger partial charge >= 0.3 is 6.18 Å². The second-order valence-electron chi connectivity index (χ2n) is 5.30. The van der Waals surface area contributed by atoms with Gasteiger partial charge in [-0.1, -0.05) is 6.07 Å². The number of rotatable bonds is 7. The number of amides is 1. The quantitative estimate of drug-likeness (QED) is 0.578. The van der Waals surface area contributed by atoms with Gasteiger partial charge in [-0.25, -0.2) is 0 Å². The molecule has 1 aromatic heterocycles. The monoisotopic (exact) mass is 368 g/mol. The minimum absolute atomic E-state index is 0.00155. The van der Waals surface area contributed by atoms with Crippen molar-refractivity contribution < 1.29 is 22.9 Å². The first kappa shape index (κ1) is 19.2. The van der Waals surface area contributed by atoms with Crippen LogP contribution in [0.15, 0.2) is 42.7 Å². The second kappa shape index (κ2) is 8.28. The van der Waals surface area contributed by atoms with Crippen molar-refractivity contribution in [2.45, 2.75) is 19.1 Å². The fourth-order valence-corrected chi connectivity index (χ4v) is 2.11. The number of nitrogens with one attached hydrogen (secondary N) is 2. The molecule has 0 aliphatic rings. The van der Waals surface area contributed by atoms with E-state index in [-0.39, 0.29) is 31.1 Å². The maximum atomic E-state index is 12.6. The number of halogens is 3. The van der Waals surface area contributed by atoms with Crippen LogP contribution in [0.4, 0.5) is 24.5 Å². The van der Waals surface area contributed by atoms with Crippen molar-refractivity contribution in [3.63, 3.8) is 0 Å². The van der Waals surface area contributed by atoms with Gasteiger partial charge in [0, 0.05) is 38.0 Å². The van der Waals surface area contributed by atoms with E-state index in [9.17, 15) is 28.1 Å². The van der Waals surface area contributed by atoms with E-state index < -0.39 is 22.4 Å². The van der Waals surface area contributed by atoms with Crippen molar-refractivity contribution in [2.75, 3.05) is 11.9 Å². The van der Waals surface area contributed by atoms with Gasteiger partial charge in [0.15, 0.2) is 0 Å². The fraction of sp³-hybridized carbons (Fsp3) is 0.250. The molecule has 0 spiro atoms. The fourth-order valence-electron chi connectivity index (χ4n) is 2.11. The summed E-state index contributed by atoms with van der Waals surface area (Å²) in [6, 6.07) is 5.71. The number of carbonyl (C=O) groups excluding carboxylic acids is 1. The van der Waals surface area contributed by atoms with Crippen LogP contribution < -0.4 is 10.6 Å². The molecule has 0 fully saturated rings. The van der Waals surface area contributed by atoms with E-state index in [0.29, 0.717) is 6.07 Å². The molecule has 1 heterocycles. The van der Waals surface area contributed by atoms with Crippen LogP contribution in [0, 0.1) is 10.1 Å². The van der Waals surface area contributed by atoms with Crippen molar-refractivity contribution in [3.05, 3.63) is 64.0 Å². The number of alkyl halides is 3. The van der Waals surface area contributed by atoms with Gasteiger partial charge in [0.05, 0.1) is 10.5 Å². The lowest BCUT2D eigenvalue weighted by molar-refractivity contribution is -0.384. The number of benzene rings is 1. The molecule has 2 N–H and O–H groups in total. The van der Waals surface area contributed by atoms with Gasteiger partial charge < -0.3 is 10.6 Å². The highest BCUT2D eigenvalue weighted by molar-refractivity contribution is 5.76. The summed E-state index contributed by atoms with van der Waals surface area (Å²) in [5.41, 5.74) is -1.07. The molecular weight excluding hydrogens is 353 g/mol. The lowest BCUT2D eigenvalue weighted by Crippen LogP contribution is -2.25. The summed E-state index contributed by atoms with van der Waals surface area (Å²) in [5, 5.41) is 16.2. The van der Waals surface area contributed by atoms with Gasteiger partial charge in [0.1, 0.15) is 5.69 Å². The molecule has 138 valence electrons. The second-order valence-corrected chi connectivity index (χ2v) is 5.30. The molecule has 0 saturated carbocycles. The Kier molecular flexibility index (Phi) is 6.10. The first-order valence-corrected chi connectivity index (χ1v) is 7.52. The Balaban J connectivity index is 1.90. The molecule has 10 heteroatoms. The van der Waals surface area contributed by atoms with E-state index in [4.69, 9.17) is 0 Å². The lowest BCUT2D eigenvalue weighted by Gasteiger charge is -2.10. The predicted molar refractivity (Wildman–Crippen MR) is 87.3 cm³/mol. The zero-order valence-corrected chi connectivity index (χ0v) is 13.4. The molecule has 0 atom stereocenters. The van der Waals surface area contributed by atoms with Gasteiger partial charge in [-0.2, -0.15) is 13.2 Å². The smallest absolute Gasteiger partial charge is 0.379 e.